The van der Waals surface area contributed by atoms with E-state index in [0.29, 0.717) is 0 Å². The molecule has 0 radical (unpaired) electrons. The molecule has 1 aliphatic rings. The van der Waals surface area contributed by atoms with Gasteiger partial charge in [0.15, 0.2) is 5.96 Å². The van der Waals surface area contributed by atoms with Crippen molar-refractivity contribution in [3.05, 3.63) is 71.3 Å². The predicted molar refractivity (Wildman–Crippen MR) is 118 cm³/mol. The molecular formula is C21H28IN3O. The fourth-order valence-electron chi connectivity index (χ4n) is 3.27. The first-order valence-electron chi connectivity index (χ1n) is 8.94. The Morgan fingerprint density at radius 1 is 1.15 bits per heavy atom. The van der Waals surface area contributed by atoms with Gasteiger partial charge in [0.1, 0.15) is 6.10 Å². The first-order chi connectivity index (χ1) is 12.3. The van der Waals surface area contributed by atoms with E-state index < -0.39 is 0 Å². The molecule has 0 amide bonds. The summed E-state index contributed by atoms with van der Waals surface area (Å²) in [5, 5.41) is 3.49. The lowest BCUT2D eigenvalue weighted by molar-refractivity contribution is -0.00829. The van der Waals surface area contributed by atoms with Crippen molar-refractivity contribution in [2.75, 3.05) is 33.3 Å². The summed E-state index contributed by atoms with van der Waals surface area (Å²) in [7, 11) is 1.85. The molecule has 4 nitrogen and oxygen atoms in total. The zero-order valence-electron chi connectivity index (χ0n) is 15.5. The van der Waals surface area contributed by atoms with Gasteiger partial charge >= 0.3 is 0 Å². The van der Waals surface area contributed by atoms with Crippen molar-refractivity contribution in [3.63, 3.8) is 0 Å². The maximum atomic E-state index is 6.02. The summed E-state index contributed by atoms with van der Waals surface area (Å²) in [6, 6.07) is 19.0. The van der Waals surface area contributed by atoms with Crippen LogP contribution in [0.5, 0.6) is 0 Å². The Morgan fingerprint density at radius 2 is 1.88 bits per heavy atom. The van der Waals surface area contributed by atoms with Gasteiger partial charge in [0.25, 0.3) is 0 Å². The number of hydrogen-bond acceptors (Lipinski definition) is 2. The second kappa shape index (κ2) is 10.5. The molecule has 1 fully saturated rings. The van der Waals surface area contributed by atoms with Crippen LogP contribution in [0.3, 0.4) is 0 Å². The van der Waals surface area contributed by atoms with Crippen LogP contribution in [-0.2, 0) is 11.2 Å². The van der Waals surface area contributed by atoms with Gasteiger partial charge in [-0.05, 0) is 30.0 Å². The number of nitrogens with one attached hydrogen (secondary N) is 1. The normalized spacial score (nSPS) is 17.5. The van der Waals surface area contributed by atoms with Crippen LogP contribution in [-0.4, -0.2) is 44.1 Å². The molecule has 2 aromatic carbocycles. The Bertz CT molecular complexity index is 705. The minimum Gasteiger partial charge on any atom is -0.370 e. The van der Waals surface area contributed by atoms with Gasteiger partial charge < -0.3 is 15.0 Å². The highest BCUT2D eigenvalue weighted by molar-refractivity contribution is 14.0. The van der Waals surface area contributed by atoms with Crippen LogP contribution in [0, 0.1) is 6.92 Å². The number of nitrogens with zero attached hydrogens (tertiary/aromatic N) is 2. The first-order valence-corrected chi connectivity index (χ1v) is 8.94. The van der Waals surface area contributed by atoms with Crippen molar-refractivity contribution in [2.45, 2.75) is 19.4 Å². The molecule has 140 valence electrons. The summed E-state index contributed by atoms with van der Waals surface area (Å²) in [5.41, 5.74) is 3.89. The number of rotatable bonds is 4. The average Bonchev–Trinajstić information content (AvgIpc) is 2.66. The minimum absolute atomic E-state index is 0. The highest BCUT2D eigenvalue weighted by atomic mass is 127. The first kappa shape index (κ1) is 20.7. The SMILES string of the molecule is CN=C(NCCc1ccccc1)N1CCOC(c2ccccc2C)C1.I. The number of hydrogen-bond donors (Lipinski definition) is 1. The Morgan fingerprint density at radius 3 is 2.62 bits per heavy atom. The number of ether oxygens (including phenoxy) is 1. The molecular weight excluding hydrogens is 437 g/mol. The zero-order chi connectivity index (χ0) is 17.5. The average molecular weight is 465 g/mol. The molecule has 3 rings (SSSR count). The third kappa shape index (κ3) is 5.45. The van der Waals surface area contributed by atoms with Crippen LogP contribution < -0.4 is 5.32 Å². The lowest BCUT2D eigenvalue weighted by atomic mass is 10.0. The van der Waals surface area contributed by atoms with Gasteiger partial charge in [-0.3, -0.25) is 4.99 Å². The molecule has 1 atom stereocenters. The van der Waals surface area contributed by atoms with Crippen molar-refractivity contribution in [2.24, 2.45) is 4.99 Å². The van der Waals surface area contributed by atoms with Gasteiger partial charge in [-0.15, -0.1) is 24.0 Å². The van der Waals surface area contributed by atoms with E-state index in [1.807, 2.05) is 7.05 Å². The van der Waals surface area contributed by atoms with Crippen molar-refractivity contribution in [3.8, 4) is 0 Å². The molecule has 1 heterocycles. The zero-order valence-corrected chi connectivity index (χ0v) is 17.9. The van der Waals surface area contributed by atoms with Crippen molar-refractivity contribution < 1.29 is 4.74 Å². The van der Waals surface area contributed by atoms with Gasteiger partial charge in [-0.2, -0.15) is 0 Å². The maximum Gasteiger partial charge on any atom is 0.193 e. The number of halogens is 1. The second-order valence-electron chi connectivity index (χ2n) is 6.37. The third-order valence-electron chi connectivity index (χ3n) is 4.65. The molecule has 1 saturated heterocycles. The lowest BCUT2D eigenvalue weighted by Crippen LogP contribution is -2.48. The Balaban J connectivity index is 0.00000243. The van der Waals surface area contributed by atoms with E-state index in [4.69, 9.17) is 4.74 Å². The quantitative estimate of drug-likeness (QED) is 0.424. The van der Waals surface area contributed by atoms with Gasteiger partial charge in [-0.1, -0.05) is 54.6 Å². The molecule has 26 heavy (non-hydrogen) atoms. The Labute approximate surface area is 173 Å². The van der Waals surface area contributed by atoms with Crippen LogP contribution in [0.15, 0.2) is 59.6 Å². The standard InChI is InChI=1S/C21H27N3O.HI/c1-17-8-6-7-11-19(17)20-16-24(14-15-25-20)21(22-2)23-13-12-18-9-4-3-5-10-18;/h3-11,20H,12-16H2,1-2H3,(H,22,23);1H. The van der Waals surface area contributed by atoms with E-state index >= 15 is 0 Å². The molecule has 2 aromatic rings. The van der Waals surface area contributed by atoms with Gasteiger partial charge in [0.2, 0.25) is 0 Å². The fraction of sp³-hybridized carbons (Fsp3) is 0.381. The monoisotopic (exact) mass is 465 g/mol. The largest absolute Gasteiger partial charge is 0.370 e. The Kier molecular flexibility index (Phi) is 8.38. The van der Waals surface area contributed by atoms with Crippen LogP contribution in [0.25, 0.3) is 0 Å². The number of aliphatic imine (C=N–C) groups is 1. The fourth-order valence-corrected chi connectivity index (χ4v) is 3.27. The summed E-state index contributed by atoms with van der Waals surface area (Å²) in [6.07, 6.45) is 1.09. The molecule has 5 heteroatoms. The molecule has 1 N–H and O–H groups in total. The summed E-state index contributed by atoms with van der Waals surface area (Å²) < 4.78 is 6.02. The third-order valence-corrected chi connectivity index (χ3v) is 4.65. The van der Waals surface area contributed by atoms with E-state index in [2.05, 4.69) is 76.7 Å². The van der Waals surface area contributed by atoms with Crippen LogP contribution in [0.2, 0.25) is 0 Å². The summed E-state index contributed by atoms with van der Waals surface area (Å²) >= 11 is 0. The summed E-state index contributed by atoms with van der Waals surface area (Å²) in [4.78, 5) is 6.77. The maximum absolute atomic E-state index is 6.02. The van der Waals surface area contributed by atoms with Crippen LogP contribution >= 0.6 is 24.0 Å². The lowest BCUT2D eigenvalue weighted by Gasteiger charge is -2.35. The predicted octanol–water partition coefficient (Wildman–Crippen LogP) is 3.80. The molecule has 0 aliphatic carbocycles. The Hall–Kier alpha value is -1.60. The van der Waals surface area contributed by atoms with Gasteiger partial charge in [0, 0.05) is 20.1 Å². The van der Waals surface area contributed by atoms with E-state index in [9.17, 15) is 0 Å². The molecule has 0 bridgehead atoms. The van der Waals surface area contributed by atoms with Crippen LogP contribution in [0.1, 0.15) is 22.8 Å². The number of morpholine rings is 1. The summed E-state index contributed by atoms with van der Waals surface area (Å²) in [5.74, 6) is 0.956. The minimum atomic E-state index is 0. The molecule has 0 saturated carbocycles. The highest BCUT2D eigenvalue weighted by Crippen LogP contribution is 2.24. The smallest absolute Gasteiger partial charge is 0.193 e. The van der Waals surface area contributed by atoms with E-state index in [1.54, 1.807) is 0 Å². The van der Waals surface area contributed by atoms with E-state index in [0.717, 1.165) is 38.6 Å². The van der Waals surface area contributed by atoms with Crippen molar-refractivity contribution >= 4 is 29.9 Å². The van der Waals surface area contributed by atoms with Crippen molar-refractivity contribution in [1.29, 1.82) is 0 Å². The number of benzene rings is 2. The second-order valence-corrected chi connectivity index (χ2v) is 6.37. The summed E-state index contributed by atoms with van der Waals surface area (Å²) in [6.45, 7) is 5.44. The topological polar surface area (TPSA) is 36.9 Å². The van der Waals surface area contributed by atoms with Crippen LogP contribution in [0.4, 0.5) is 0 Å². The van der Waals surface area contributed by atoms with Gasteiger partial charge in [-0.25, -0.2) is 0 Å². The molecule has 0 spiro atoms. The number of aryl methyl sites for hydroxylation is 1. The van der Waals surface area contributed by atoms with Crippen molar-refractivity contribution in [1.82, 2.24) is 10.2 Å². The van der Waals surface area contributed by atoms with E-state index in [-0.39, 0.29) is 30.1 Å². The number of guanidine groups is 1. The van der Waals surface area contributed by atoms with E-state index in [1.165, 1.54) is 16.7 Å². The van der Waals surface area contributed by atoms with Gasteiger partial charge in [0.05, 0.1) is 13.2 Å². The molecule has 0 aromatic heterocycles. The molecule has 1 aliphatic heterocycles. The highest BCUT2D eigenvalue weighted by Gasteiger charge is 2.24. The molecule has 1 unspecified atom stereocenters.